The average molecular weight is 272 g/mol. The van der Waals surface area contributed by atoms with Crippen molar-refractivity contribution in [1.29, 1.82) is 0 Å². The van der Waals surface area contributed by atoms with Gasteiger partial charge in [0.1, 0.15) is 0 Å². The Hall–Kier alpha value is -0.980. The van der Waals surface area contributed by atoms with Gasteiger partial charge in [0.2, 0.25) is 10.0 Å². The molecule has 0 saturated heterocycles. The number of aliphatic hydroxyl groups is 1. The molecule has 1 heterocycles. The number of hydrogen-bond acceptors (Lipinski definition) is 4. The lowest BCUT2D eigenvalue weighted by Gasteiger charge is -2.14. The lowest BCUT2D eigenvalue weighted by Crippen LogP contribution is -2.33. The van der Waals surface area contributed by atoms with Crippen molar-refractivity contribution in [2.45, 2.75) is 19.8 Å². The second-order valence-corrected chi connectivity index (χ2v) is 6.17. The minimum atomic E-state index is -3.21. The fourth-order valence-corrected chi connectivity index (χ4v) is 2.77. The molecule has 102 valence electrons. The van der Waals surface area contributed by atoms with Crippen LogP contribution in [0.5, 0.6) is 0 Å². The Balaban J connectivity index is 2.48. The molecule has 6 heteroatoms. The number of hydrogen-bond donors (Lipinski definition) is 2. The van der Waals surface area contributed by atoms with Crippen molar-refractivity contribution >= 4 is 10.0 Å². The molecule has 0 aliphatic heterocycles. The van der Waals surface area contributed by atoms with Crippen molar-refractivity contribution in [2.75, 3.05) is 18.9 Å². The van der Waals surface area contributed by atoms with E-state index in [1.807, 2.05) is 25.1 Å². The summed E-state index contributed by atoms with van der Waals surface area (Å²) in [4.78, 5) is 4.16. The molecule has 0 saturated carbocycles. The summed E-state index contributed by atoms with van der Waals surface area (Å²) in [7, 11) is -3.21. The molecule has 0 aliphatic rings. The Labute approximate surface area is 108 Å². The minimum Gasteiger partial charge on any atom is -0.396 e. The van der Waals surface area contributed by atoms with Crippen LogP contribution in [-0.4, -0.2) is 37.4 Å². The summed E-state index contributed by atoms with van der Waals surface area (Å²) in [6.45, 7) is 2.00. The van der Waals surface area contributed by atoms with Gasteiger partial charge < -0.3 is 5.11 Å². The van der Waals surface area contributed by atoms with Crippen molar-refractivity contribution in [3.63, 3.8) is 0 Å². The molecule has 0 amide bonds. The fourth-order valence-electron chi connectivity index (χ4n) is 1.60. The second kappa shape index (κ2) is 7.45. The maximum absolute atomic E-state index is 11.5. The van der Waals surface area contributed by atoms with Gasteiger partial charge in [-0.05, 0) is 25.0 Å². The molecule has 0 aromatic carbocycles. The molecule has 1 rings (SSSR count). The largest absolute Gasteiger partial charge is 0.396 e. The first-order valence-electron chi connectivity index (χ1n) is 6.05. The fraction of sp³-hybridized carbons (Fsp3) is 0.583. The van der Waals surface area contributed by atoms with Crippen molar-refractivity contribution in [1.82, 2.24) is 9.71 Å². The highest BCUT2D eigenvalue weighted by Crippen LogP contribution is 2.05. The molecule has 1 atom stereocenters. The number of rotatable bonds is 8. The molecular weight excluding hydrogens is 252 g/mol. The van der Waals surface area contributed by atoms with E-state index in [0.29, 0.717) is 12.8 Å². The molecule has 0 radical (unpaired) electrons. The lowest BCUT2D eigenvalue weighted by atomic mass is 10.0. The van der Waals surface area contributed by atoms with Gasteiger partial charge in [0.05, 0.1) is 5.75 Å². The van der Waals surface area contributed by atoms with Crippen LogP contribution in [-0.2, 0) is 16.4 Å². The SMILES string of the molecule is CCCS(=O)(=O)NCC(CO)Cc1ccccn1. The van der Waals surface area contributed by atoms with Gasteiger partial charge in [0, 0.05) is 31.0 Å². The van der Waals surface area contributed by atoms with Crippen LogP contribution in [0.25, 0.3) is 0 Å². The highest BCUT2D eigenvalue weighted by atomic mass is 32.2. The first-order valence-corrected chi connectivity index (χ1v) is 7.70. The lowest BCUT2D eigenvalue weighted by molar-refractivity contribution is 0.226. The zero-order valence-electron chi connectivity index (χ0n) is 10.5. The van der Waals surface area contributed by atoms with Crippen LogP contribution in [0.2, 0.25) is 0 Å². The molecule has 0 spiro atoms. The maximum Gasteiger partial charge on any atom is 0.211 e. The number of aliphatic hydroxyl groups excluding tert-OH is 1. The monoisotopic (exact) mass is 272 g/mol. The predicted octanol–water partition coefficient (Wildman–Crippen LogP) is 0.562. The van der Waals surface area contributed by atoms with Gasteiger partial charge in [-0.1, -0.05) is 13.0 Å². The maximum atomic E-state index is 11.5. The van der Waals surface area contributed by atoms with Gasteiger partial charge in [-0.3, -0.25) is 4.98 Å². The zero-order chi connectivity index (χ0) is 13.4. The van der Waals surface area contributed by atoms with E-state index >= 15 is 0 Å². The highest BCUT2D eigenvalue weighted by molar-refractivity contribution is 7.89. The number of nitrogens with one attached hydrogen (secondary N) is 1. The highest BCUT2D eigenvalue weighted by Gasteiger charge is 2.14. The molecule has 1 unspecified atom stereocenters. The molecule has 0 fully saturated rings. The molecule has 0 bridgehead atoms. The van der Waals surface area contributed by atoms with E-state index in [1.165, 1.54) is 0 Å². The normalized spacial score (nSPS) is 13.4. The van der Waals surface area contributed by atoms with Crippen LogP contribution in [0, 0.1) is 5.92 Å². The van der Waals surface area contributed by atoms with E-state index < -0.39 is 10.0 Å². The molecule has 0 aliphatic carbocycles. The Bertz CT molecular complexity index is 434. The van der Waals surface area contributed by atoms with E-state index in [1.54, 1.807) is 6.20 Å². The summed E-state index contributed by atoms with van der Waals surface area (Å²) < 4.78 is 25.5. The van der Waals surface area contributed by atoms with E-state index in [9.17, 15) is 13.5 Å². The van der Waals surface area contributed by atoms with Crippen LogP contribution >= 0.6 is 0 Å². The topological polar surface area (TPSA) is 79.3 Å². The second-order valence-electron chi connectivity index (χ2n) is 4.24. The van der Waals surface area contributed by atoms with Gasteiger partial charge in [-0.25, -0.2) is 13.1 Å². The van der Waals surface area contributed by atoms with Gasteiger partial charge in [0.15, 0.2) is 0 Å². The first-order chi connectivity index (χ1) is 8.57. The van der Waals surface area contributed by atoms with E-state index in [4.69, 9.17) is 0 Å². The molecule has 1 aromatic rings. The zero-order valence-corrected chi connectivity index (χ0v) is 11.4. The summed E-state index contributed by atoms with van der Waals surface area (Å²) in [6, 6.07) is 5.56. The summed E-state index contributed by atoms with van der Waals surface area (Å²) in [5, 5.41) is 9.25. The van der Waals surface area contributed by atoms with Crippen LogP contribution in [0.3, 0.4) is 0 Å². The Kier molecular flexibility index (Phi) is 6.24. The van der Waals surface area contributed by atoms with Crippen molar-refractivity contribution in [2.24, 2.45) is 5.92 Å². The summed E-state index contributed by atoms with van der Waals surface area (Å²) in [5.74, 6) is -0.0270. The average Bonchev–Trinajstić information content (AvgIpc) is 2.35. The van der Waals surface area contributed by atoms with E-state index in [0.717, 1.165) is 5.69 Å². The van der Waals surface area contributed by atoms with Crippen LogP contribution in [0.15, 0.2) is 24.4 Å². The Morgan fingerprint density at radius 3 is 2.78 bits per heavy atom. The Morgan fingerprint density at radius 1 is 1.44 bits per heavy atom. The van der Waals surface area contributed by atoms with Crippen molar-refractivity contribution in [3.8, 4) is 0 Å². The summed E-state index contributed by atoms with van der Waals surface area (Å²) in [5.41, 5.74) is 0.853. The van der Waals surface area contributed by atoms with Gasteiger partial charge in [0.25, 0.3) is 0 Å². The van der Waals surface area contributed by atoms with E-state index in [-0.39, 0.29) is 24.8 Å². The molecule has 2 N–H and O–H groups in total. The smallest absolute Gasteiger partial charge is 0.211 e. The molecule has 18 heavy (non-hydrogen) atoms. The molecular formula is C12H20N2O3S. The van der Waals surface area contributed by atoms with Gasteiger partial charge in [-0.2, -0.15) is 0 Å². The third kappa shape index (κ3) is 5.57. The number of aromatic nitrogens is 1. The van der Waals surface area contributed by atoms with Gasteiger partial charge >= 0.3 is 0 Å². The quantitative estimate of drug-likeness (QED) is 0.725. The third-order valence-corrected chi connectivity index (χ3v) is 4.10. The van der Waals surface area contributed by atoms with Crippen molar-refractivity contribution < 1.29 is 13.5 Å². The molecule has 1 aromatic heterocycles. The summed E-state index contributed by atoms with van der Waals surface area (Å²) in [6.07, 6.45) is 2.83. The van der Waals surface area contributed by atoms with Crippen LogP contribution < -0.4 is 4.72 Å². The standard InChI is InChI=1S/C12H20N2O3S/c1-2-7-18(16,17)14-9-11(10-15)8-12-5-3-4-6-13-12/h3-6,11,14-15H,2,7-10H2,1H3. The Morgan fingerprint density at radius 2 is 2.22 bits per heavy atom. The van der Waals surface area contributed by atoms with Crippen molar-refractivity contribution in [3.05, 3.63) is 30.1 Å². The third-order valence-electron chi connectivity index (χ3n) is 2.55. The predicted molar refractivity (Wildman–Crippen MR) is 70.6 cm³/mol. The number of pyridine rings is 1. The number of nitrogens with zero attached hydrogens (tertiary/aromatic N) is 1. The van der Waals surface area contributed by atoms with Crippen LogP contribution in [0.4, 0.5) is 0 Å². The minimum absolute atomic E-state index is 0.0643. The summed E-state index contributed by atoms with van der Waals surface area (Å²) >= 11 is 0. The van der Waals surface area contributed by atoms with Gasteiger partial charge in [-0.15, -0.1) is 0 Å². The van der Waals surface area contributed by atoms with Crippen LogP contribution in [0.1, 0.15) is 19.0 Å². The number of sulfonamides is 1. The van der Waals surface area contributed by atoms with E-state index in [2.05, 4.69) is 9.71 Å². The first kappa shape index (κ1) is 15.1. The molecule has 5 nitrogen and oxygen atoms in total.